The van der Waals surface area contributed by atoms with Gasteiger partial charge >= 0.3 is 0 Å². The third kappa shape index (κ3) is 4.56. The van der Waals surface area contributed by atoms with Gasteiger partial charge in [0.05, 0.1) is 16.6 Å². The Bertz CT molecular complexity index is 1300. The summed E-state index contributed by atoms with van der Waals surface area (Å²) in [6, 6.07) is 12.4. The third-order valence-corrected chi connectivity index (χ3v) is 7.17. The summed E-state index contributed by atoms with van der Waals surface area (Å²) in [4.78, 5) is 28.8. The molecule has 0 spiro atoms. The van der Waals surface area contributed by atoms with Crippen LogP contribution in [0.3, 0.4) is 0 Å². The number of rotatable bonds is 5. The molecule has 5 rings (SSSR count). The molecular weight excluding hydrogens is 446 g/mol. The van der Waals surface area contributed by atoms with E-state index in [9.17, 15) is 9.59 Å². The Hall–Kier alpha value is -3.23. The number of aryl methyl sites for hydroxylation is 1. The van der Waals surface area contributed by atoms with Gasteiger partial charge in [-0.3, -0.25) is 19.8 Å². The van der Waals surface area contributed by atoms with Crippen molar-refractivity contribution in [2.24, 2.45) is 0 Å². The highest BCUT2D eigenvalue weighted by Gasteiger charge is 2.25. The van der Waals surface area contributed by atoms with E-state index in [0.29, 0.717) is 4.91 Å². The molecule has 0 bridgehead atoms. The Labute approximate surface area is 203 Å². The Balaban J connectivity index is 1.45. The first kappa shape index (κ1) is 22.6. The molecule has 2 aliphatic rings. The lowest BCUT2D eigenvalue weighted by molar-refractivity contribution is -0.115. The molecule has 2 saturated heterocycles. The number of piperazine rings is 1. The minimum atomic E-state index is -0.357. The van der Waals surface area contributed by atoms with E-state index >= 15 is 0 Å². The van der Waals surface area contributed by atoms with Gasteiger partial charge in [0.1, 0.15) is 0 Å². The van der Waals surface area contributed by atoms with Crippen LogP contribution in [0.25, 0.3) is 28.1 Å². The Morgan fingerprint density at radius 1 is 1.09 bits per heavy atom. The standard InChI is InChI=1S/C26H27N5O2S/c1-3-8-30-9-11-31(12-10-30)23-7-5-19(13-17(23)2)21-16-27-29-22-6-4-18(14-20(21)22)15-24-25(32)28-26(33)34-24/h4-7,13-16H,3,8-12H2,1-2H3,(H,28,32,33). The lowest BCUT2D eigenvalue weighted by Gasteiger charge is -2.36. The third-order valence-electron chi connectivity index (χ3n) is 6.36. The van der Waals surface area contributed by atoms with E-state index in [1.54, 1.807) is 12.3 Å². The van der Waals surface area contributed by atoms with E-state index in [-0.39, 0.29) is 11.1 Å². The number of carbonyl (C=O) groups excluding carboxylic acids is 2. The average molecular weight is 474 g/mol. The predicted octanol–water partition coefficient (Wildman–Crippen LogP) is 4.46. The smallest absolute Gasteiger partial charge is 0.290 e. The molecule has 7 nitrogen and oxygen atoms in total. The van der Waals surface area contributed by atoms with Crippen molar-refractivity contribution >= 4 is 45.6 Å². The van der Waals surface area contributed by atoms with Gasteiger partial charge in [-0.05, 0) is 78.7 Å². The number of fused-ring (bicyclic) bond motifs is 1. The summed E-state index contributed by atoms with van der Waals surface area (Å²) in [6.45, 7) is 9.88. The maximum Gasteiger partial charge on any atom is 0.290 e. The Morgan fingerprint density at radius 2 is 1.91 bits per heavy atom. The maximum absolute atomic E-state index is 11.9. The van der Waals surface area contributed by atoms with Crippen LogP contribution in [-0.2, 0) is 4.79 Å². The topological polar surface area (TPSA) is 78.4 Å². The van der Waals surface area contributed by atoms with Crippen molar-refractivity contribution in [3.8, 4) is 11.1 Å². The number of aromatic nitrogens is 2. The second-order valence-corrected chi connectivity index (χ2v) is 9.73. The molecule has 3 aromatic rings. The zero-order valence-electron chi connectivity index (χ0n) is 19.4. The van der Waals surface area contributed by atoms with Crippen LogP contribution in [0.15, 0.2) is 47.5 Å². The van der Waals surface area contributed by atoms with Gasteiger partial charge in [-0.25, -0.2) is 0 Å². The molecule has 174 valence electrons. The van der Waals surface area contributed by atoms with Crippen molar-refractivity contribution in [3.63, 3.8) is 0 Å². The first-order chi connectivity index (χ1) is 16.5. The van der Waals surface area contributed by atoms with Gasteiger partial charge in [-0.1, -0.05) is 19.1 Å². The number of benzene rings is 2. The molecule has 0 saturated carbocycles. The van der Waals surface area contributed by atoms with Crippen LogP contribution < -0.4 is 10.2 Å². The number of carbonyl (C=O) groups is 2. The van der Waals surface area contributed by atoms with Gasteiger partial charge in [-0.2, -0.15) is 10.2 Å². The summed E-state index contributed by atoms with van der Waals surface area (Å²) in [6.07, 6.45) is 4.73. The molecular formula is C26H27N5O2S. The fraction of sp³-hybridized carbons (Fsp3) is 0.308. The fourth-order valence-electron chi connectivity index (χ4n) is 4.67. The summed E-state index contributed by atoms with van der Waals surface area (Å²) < 4.78 is 0. The normalized spacial score (nSPS) is 18.2. The van der Waals surface area contributed by atoms with Crippen LogP contribution in [0.2, 0.25) is 0 Å². The number of nitrogens with zero attached hydrogens (tertiary/aromatic N) is 4. The van der Waals surface area contributed by atoms with Crippen LogP contribution >= 0.6 is 11.8 Å². The second kappa shape index (κ2) is 9.56. The van der Waals surface area contributed by atoms with Crippen molar-refractivity contribution in [1.82, 2.24) is 20.4 Å². The minimum Gasteiger partial charge on any atom is -0.369 e. The first-order valence-corrected chi connectivity index (χ1v) is 12.4. The van der Waals surface area contributed by atoms with E-state index < -0.39 is 0 Å². The van der Waals surface area contributed by atoms with Gasteiger partial charge in [-0.15, -0.1) is 0 Å². The highest BCUT2D eigenvalue weighted by Crippen LogP contribution is 2.33. The quantitative estimate of drug-likeness (QED) is 0.548. The molecule has 2 aromatic carbocycles. The minimum absolute atomic E-state index is 0.342. The highest BCUT2D eigenvalue weighted by atomic mass is 32.2. The first-order valence-electron chi connectivity index (χ1n) is 11.6. The molecule has 0 unspecified atom stereocenters. The van der Waals surface area contributed by atoms with Crippen LogP contribution in [0.5, 0.6) is 0 Å². The number of anilines is 1. The number of thioether (sulfide) groups is 1. The summed E-state index contributed by atoms with van der Waals surface area (Å²) >= 11 is 0.920. The molecule has 8 heteroatoms. The SMILES string of the molecule is CCCN1CCN(c2ccc(-c3cnnc4ccc(C=C5SC(=O)NC5=O)cc34)cc2C)CC1. The van der Waals surface area contributed by atoms with E-state index in [1.807, 2.05) is 18.2 Å². The molecule has 2 amide bonds. The van der Waals surface area contributed by atoms with E-state index in [2.05, 4.69) is 57.4 Å². The molecule has 1 N–H and O–H groups in total. The molecule has 0 radical (unpaired) electrons. The van der Waals surface area contributed by atoms with Crippen molar-refractivity contribution in [1.29, 1.82) is 0 Å². The van der Waals surface area contributed by atoms with Gasteiger partial charge in [0.25, 0.3) is 11.1 Å². The molecule has 2 aliphatic heterocycles. The summed E-state index contributed by atoms with van der Waals surface area (Å²) in [5.41, 5.74) is 6.22. The number of imide groups is 1. The Morgan fingerprint density at radius 3 is 2.62 bits per heavy atom. The van der Waals surface area contributed by atoms with Crippen LogP contribution in [0.4, 0.5) is 10.5 Å². The van der Waals surface area contributed by atoms with Crippen molar-refractivity contribution in [3.05, 3.63) is 58.6 Å². The van der Waals surface area contributed by atoms with Gasteiger partial charge in [0.2, 0.25) is 0 Å². The highest BCUT2D eigenvalue weighted by molar-refractivity contribution is 8.18. The number of amides is 2. The second-order valence-electron chi connectivity index (χ2n) is 8.72. The van der Waals surface area contributed by atoms with Crippen molar-refractivity contribution < 1.29 is 9.59 Å². The molecule has 1 aromatic heterocycles. The number of hydrogen-bond donors (Lipinski definition) is 1. The van der Waals surface area contributed by atoms with Crippen molar-refractivity contribution in [2.75, 3.05) is 37.6 Å². The molecule has 2 fully saturated rings. The average Bonchev–Trinajstić information content (AvgIpc) is 3.15. The monoisotopic (exact) mass is 473 g/mol. The zero-order chi connectivity index (χ0) is 23.7. The summed E-state index contributed by atoms with van der Waals surface area (Å²) in [5, 5.41) is 11.4. The van der Waals surface area contributed by atoms with E-state index in [1.165, 1.54) is 24.2 Å². The van der Waals surface area contributed by atoms with Crippen molar-refractivity contribution in [2.45, 2.75) is 20.3 Å². The lowest BCUT2D eigenvalue weighted by Crippen LogP contribution is -2.46. The summed E-state index contributed by atoms with van der Waals surface area (Å²) in [5.74, 6) is -0.357. The van der Waals surface area contributed by atoms with E-state index in [4.69, 9.17) is 0 Å². The Kier molecular flexibility index (Phi) is 6.34. The molecule has 0 atom stereocenters. The van der Waals surface area contributed by atoms with Crippen LogP contribution in [0, 0.1) is 6.92 Å². The number of hydrogen-bond acceptors (Lipinski definition) is 7. The number of nitrogens with one attached hydrogen (secondary N) is 1. The fourth-order valence-corrected chi connectivity index (χ4v) is 5.36. The molecule has 3 heterocycles. The van der Waals surface area contributed by atoms with Gasteiger partial charge in [0, 0.05) is 42.8 Å². The van der Waals surface area contributed by atoms with Crippen LogP contribution in [-0.4, -0.2) is 59.0 Å². The van der Waals surface area contributed by atoms with Gasteiger partial charge < -0.3 is 4.90 Å². The summed E-state index contributed by atoms with van der Waals surface area (Å²) in [7, 11) is 0. The zero-order valence-corrected chi connectivity index (χ0v) is 20.2. The molecule has 34 heavy (non-hydrogen) atoms. The maximum atomic E-state index is 11.9. The largest absolute Gasteiger partial charge is 0.369 e. The van der Waals surface area contributed by atoms with Gasteiger partial charge in [0.15, 0.2) is 0 Å². The van der Waals surface area contributed by atoms with E-state index in [0.717, 1.165) is 65.5 Å². The molecule has 0 aliphatic carbocycles. The van der Waals surface area contributed by atoms with Crippen LogP contribution in [0.1, 0.15) is 24.5 Å². The predicted molar refractivity (Wildman–Crippen MR) is 138 cm³/mol. The lowest BCUT2D eigenvalue weighted by atomic mass is 9.98.